The Bertz CT molecular complexity index is 619. The van der Waals surface area contributed by atoms with E-state index in [1.165, 1.54) is 0 Å². The molecule has 110 valence electrons. The van der Waals surface area contributed by atoms with Gasteiger partial charge in [0.1, 0.15) is 5.82 Å². The molecule has 21 heavy (non-hydrogen) atoms. The van der Waals surface area contributed by atoms with Crippen molar-refractivity contribution >= 4 is 17.2 Å². The molecule has 2 aromatic heterocycles. The normalized spacial score (nSPS) is 18.2. The van der Waals surface area contributed by atoms with Gasteiger partial charge in [0.15, 0.2) is 0 Å². The number of carbonyl (C=O) groups is 1. The highest BCUT2D eigenvalue weighted by molar-refractivity contribution is 7.10. The summed E-state index contributed by atoms with van der Waals surface area (Å²) in [7, 11) is 0. The van der Waals surface area contributed by atoms with Gasteiger partial charge < -0.3 is 4.90 Å². The fourth-order valence-electron chi connectivity index (χ4n) is 2.81. The van der Waals surface area contributed by atoms with Crippen molar-refractivity contribution in [2.45, 2.75) is 32.6 Å². The Morgan fingerprint density at radius 1 is 1.38 bits per heavy atom. The molecule has 1 aliphatic heterocycles. The molecular weight excluding hydrogens is 282 g/mol. The van der Waals surface area contributed by atoms with Crippen LogP contribution in [0.4, 0.5) is 0 Å². The van der Waals surface area contributed by atoms with E-state index >= 15 is 0 Å². The Morgan fingerprint density at radius 2 is 2.14 bits per heavy atom. The first-order chi connectivity index (χ1) is 10.1. The highest BCUT2D eigenvalue weighted by Gasteiger charge is 2.29. The van der Waals surface area contributed by atoms with Gasteiger partial charge in [0.05, 0.1) is 6.42 Å². The smallest absolute Gasteiger partial charge is 0.227 e. The van der Waals surface area contributed by atoms with Crippen LogP contribution < -0.4 is 0 Å². The number of rotatable bonds is 3. The third-order valence-electron chi connectivity index (χ3n) is 3.81. The molecule has 5 heteroatoms. The van der Waals surface area contributed by atoms with Crippen LogP contribution in [-0.4, -0.2) is 33.9 Å². The second kappa shape index (κ2) is 5.93. The van der Waals surface area contributed by atoms with Crippen molar-refractivity contribution in [3.8, 4) is 0 Å². The molecule has 1 aliphatic rings. The highest BCUT2D eigenvalue weighted by atomic mass is 32.1. The van der Waals surface area contributed by atoms with Crippen molar-refractivity contribution in [2.24, 2.45) is 0 Å². The van der Waals surface area contributed by atoms with Crippen molar-refractivity contribution in [1.82, 2.24) is 14.9 Å². The van der Waals surface area contributed by atoms with Gasteiger partial charge in [-0.05, 0) is 37.8 Å². The predicted molar refractivity (Wildman–Crippen MR) is 83.5 cm³/mol. The van der Waals surface area contributed by atoms with Crippen molar-refractivity contribution in [3.05, 3.63) is 45.7 Å². The maximum absolute atomic E-state index is 12.3. The molecule has 0 spiro atoms. The van der Waals surface area contributed by atoms with Crippen LogP contribution in [0.25, 0.3) is 0 Å². The first-order valence-electron chi connectivity index (χ1n) is 7.24. The topological polar surface area (TPSA) is 46.1 Å². The molecule has 0 aliphatic carbocycles. The zero-order valence-electron chi connectivity index (χ0n) is 12.4. The third-order valence-corrected chi connectivity index (χ3v) is 4.69. The summed E-state index contributed by atoms with van der Waals surface area (Å²) in [5.74, 6) is 1.37. The number of aromatic nitrogens is 2. The zero-order valence-corrected chi connectivity index (χ0v) is 13.2. The van der Waals surface area contributed by atoms with Crippen LogP contribution in [0.3, 0.4) is 0 Å². The van der Waals surface area contributed by atoms with Crippen molar-refractivity contribution in [3.63, 3.8) is 0 Å². The van der Waals surface area contributed by atoms with Gasteiger partial charge in [-0.3, -0.25) is 4.79 Å². The van der Waals surface area contributed by atoms with E-state index in [9.17, 15) is 4.79 Å². The van der Waals surface area contributed by atoms with Crippen LogP contribution in [-0.2, 0) is 11.2 Å². The van der Waals surface area contributed by atoms with Gasteiger partial charge in [-0.1, -0.05) is 6.07 Å². The molecule has 2 aromatic rings. The minimum Gasteiger partial charge on any atom is -0.342 e. The molecule has 3 heterocycles. The van der Waals surface area contributed by atoms with E-state index in [2.05, 4.69) is 9.97 Å². The maximum Gasteiger partial charge on any atom is 0.227 e. The summed E-state index contributed by atoms with van der Waals surface area (Å²) >= 11 is 1.64. The van der Waals surface area contributed by atoms with Crippen LogP contribution in [0, 0.1) is 13.8 Å². The van der Waals surface area contributed by atoms with Gasteiger partial charge in [-0.2, -0.15) is 0 Å². The fraction of sp³-hybridized carbons (Fsp3) is 0.438. The summed E-state index contributed by atoms with van der Waals surface area (Å²) in [4.78, 5) is 24.5. The summed E-state index contributed by atoms with van der Waals surface area (Å²) in [5.41, 5.74) is 2.00. The van der Waals surface area contributed by atoms with E-state index in [0.29, 0.717) is 6.42 Å². The number of hydrogen-bond acceptors (Lipinski definition) is 4. The number of nitrogens with zero attached hydrogens (tertiary/aromatic N) is 3. The average Bonchev–Trinajstić information content (AvgIpc) is 3.08. The second-order valence-electron chi connectivity index (χ2n) is 5.59. The van der Waals surface area contributed by atoms with Gasteiger partial charge >= 0.3 is 0 Å². The Hall–Kier alpha value is -1.75. The summed E-state index contributed by atoms with van der Waals surface area (Å²) in [6.45, 7) is 5.54. The van der Waals surface area contributed by atoms with E-state index in [4.69, 9.17) is 0 Å². The van der Waals surface area contributed by atoms with Crippen LogP contribution in [0.5, 0.6) is 0 Å². The summed E-state index contributed by atoms with van der Waals surface area (Å²) < 4.78 is 0. The monoisotopic (exact) mass is 301 g/mol. The van der Waals surface area contributed by atoms with Gasteiger partial charge in [0, 0.05) is 35.3 Å². The third kappa shape index (κ3) is 3.29. The van der Waals surface area contributed by atoms with E-state index in [1.54, 1.807) is 11.3 Å². The molecule has 0 aromatic carbocycles. The molecular formula is C16H19N3OS. The second-order valence-corrected chi connectivity index (χ2v) is 6.62. The SMILES string of the molecule is Cc1cc(C)nc([C@H]2CCN(C(=O)Cc3cccs3)C2)n1. The molecule has 1 amide bonds. The molecule has 0 saturated carbocycles. The predicted octanol–water partition coefficient (Wildman–Crippen LogP) is 2.71. The number of thiophene rings is 1. The molecule has 3 rings (SSSR count). The van der Waals surface area contributed by atoms with Crippen LogP contribution in [0.1, 0.15) is 34.4 Å². The standard InChI is InChI=1S/C16H19N3OS/c1-11-8-12(2)18-16(17-11)13-5-6-19(10-13)15(20)9-14-4-3-7-21-14/h3-4,7-8,13H,5-6,9-10H2,1-2H3/t13-/m0/s1. The Morgan fingerprint density at radius 3 is 2.81 bits per heavy atom. The summed E-state index contributed by atoms with van der Waals surface area (Å²) in [6.07, 6.45) is 1.47. The van der Waals surface area contributed by atoms with Gasteiger partial charge in [0.25, 0.3) is 0 Å². The van der Waals surface area contributed by atoms with E-state index in [0.717, 1.165) is 41.6 Å². The van der Waals surface area contributed by atoms with Crippen molar-refractivity contribution in [2.75, 3.05) is 13.1 Å². The first-order valence-corrected chi connectivity index (χ1v) is 8.12. The van der Waals surface area contributed by atoms with Crippen LogP contribution in [0.15, 0.2) is 23.6 Å². The zero-order chi connectivity index (χ0) is 14.8. The minimum atomic E-state index is 0.212. The Balaban J connectivity index is 1.66. The van der Waals surface area contributed by atoms with Crippen LogP contribution >= 0.6 is 11.3 Å². The molecule has 1 saturated heterocycles. The lowest BCUT2D eigenvalue weighted by atomic mass is 10.1. The number of amides is 1. The summed E-state index contributed by atoms with van der Waals surface area (Å²) in [5, 5.41) is 2.01. The maximum atomic E-state index is 12.3. The van der Waals surface area contributed by atoms with Gasteiger partial charge in [-0.15, -0.1) is 11.3 Å². The largest absolute Gasteiger partial charge is 0.342 e. The molecule has 1 fully saturated rings. The number of carbonyl (C=O) groups excluding carboxylic acids is 1. The van der Waals surface area contributed by atoms with E-state index in [-0.39, 0.29) is 11.8 Å². The molecule has 0 radical (unpaired) electrons. The average molecular weight is 301 g/mol. The Labute approximate surface area is 128 Å². The highest BCUT2D eigenvalue weighted by Crippen LogP contribution is 2.26. The van der Waals surface area contributed by atoms with Gasteiger partial charge in [-0.25, -0.2) is 9.97 Å². The van der Waals surface area contributed by atoms with Gasteiger partial charge in [0.2, 0.25) is 5.91 Å². The van der Waals surface area contributed by atoms with Crippen molar-refractivity contribution < 1.29 is 4.79 Å². The lowest BCUT2D eigenvalue weighted by molar-refractivity contribution is -0.129. The number of likely N-dealkylation sites (tertiary alicyclic amines) is 1. The molecule has 1 atom stereocenters. The molecule has 0 N–H and O–H groups in total. The molecule has 0 unspecified atom stereocenters. The molecule has 4 nitrogen and oxygen atoms in total. The fourth-order valence-corrected chi connectivity index (χ4v) is 3.50. The minimum absolute atomic E-state index is 0.212. The lowest BCUT2D eigenvalue weighted by Crippen LogP contribution is -2.29. The number of hydrogen-bond donors (Lipinski definition) is 0. The first kappa shape index (κ1) is 14.2. The summed E-state index contributed by atoms with van der Waals surface area (Å²) in [6, 6.07) is 5.99. The van der Waals surface area contributed by atoms with Crippen molar-refractivity contribution in [1.29, 1.82) is 0 Å². The lowest BCUT2D eigenvalue weighted by Gasteiger charge is -2.16. The number of aryl methyl sites for hydroxylation is 2. The van der Waals surface area contributed by atoms with E-state index < -0.39 is 0 Å². The molecule has 0 bridgehead atoms. The Kier molecular flexibility index (Phi) is 4.01. The van der Waals surface area contributed by atoms with Crippen LogP contribution in [0.2, 0.25) is 0 Å². The quantitative estimate of drug-likeness (QED) is 0.875. The van der Waals surface area contributed by atoms with E-state index in [1.807, 2.05) is 42.3 Å².